The highest BCUT2D eigenvalue weighted by atomic mass is 79.9. The minimum atomic E-state index is -0.0238. The second kappa shape index (κ2) is 3.03. The third kappa shape index (κ3) is 1.31. The number of amides is 1. The van der Waals surface area contributed by atoms with Gasteiger partial charge in [0.1, 0.15) is 0 Å². The highest BCUT2D eigenvalue weighted by Crippen LogP contribution is 2.29. The van der Waals surface area contributed by atoms with Crippen molar-refractivity contribution in [1.29, 1.82) is 0 Å². The molecular weight excluding hydrogens is 232 g/mol. The van der Waals surface area contributed by atoms with E-state index in [9.17, 15) is 4.79 Å². The molecule has 0 bridgehead atoms. The second-order valence-electron chi connectivity index (χ2n) is 2.98. The van der Waals surface area contributed by atoms with Crippen molar-refractivity contribution in [3.8, 4) is 0 Å². The van der Waals surface area contributed by atoms with Gasteiger partial charge in [-0.1, -0.05) is 6.07 Å². The van der Waals surface area contributed by atoms with Gasteiger partial charge in [0.25, 0.3) is 5.91 Å². The van der Waals surface area contributed by atoms with Crippen LogP contribution in [0.4, 0.5) is 5.69 Å². The minimum absolute atomic E-state index is 0.0238. The van der Waals surface area contributed by atoms with Gasteiger partial charge in [-0.2, -0.15) is 0 Å². The maximum absolute atomic E-state index is 11.5. The van der Waals surface area contributed by atoms with E-state index in [4.69, 9.17) is 0 Å². The molecule has 68 valence electrons. The molecule has 1 heterocycles. The summed E-state index contributed by atoms with van der Waals surface area (Å²) < 4.78 is 0.870. The van der Waals surface area contributed by atoms with E-state index in [1.807, 2.05) is 19.1 Å². The lowest BCUT2D eigenvalue weighted by Crippen LogP contribution is -2.35. The molecule has 1 amide bonds. The van der Waals surface area contributed by atoms with Crippen molar-refractivity contribution in [3.05, 3.63) is 27.7 Å². The van der Waals surface area contributed by atoms with Crippen molar-refractivity contribution in [3.63, 3.8) is 0 Å². The molecule has 0 aromatic heterocycles. The summed E-state index contributed by atoms with van der Waals surface area (Å²) in [6, 6.07) is 3.91. The van der Waals surface area contributed by atoms with Crippen LogP contribution >= 0.6 is 15.9 Å². The molecule has 0 atom stereocenters. The van der Waals surface area contributed by atoms with Gasteiger partial charge in [-0.25, -0.2) is 0 Å². The van der Waals surface area contributed by atoms with E-state index in [1.54, 1.807) is 0 Å². The Morgan fingerprint density at radius 3 is 2.92 bits per heavy atom. The molecule has 0 saturated heterocycles. The largest absolute Gasteiger partial charge is 0.367 e. The Bertz CT molecular complexity index is 376. The molecule has 2 N–H and O–H groups in total. The molecule has 4 heteroatoms. The number of fused-ring (bicyclic) bond motifs is 1. The highest BCUT2D eigenvalue weighted by Gasteiger charge is 2.19. The summed E-state index contributed by atoms with van der Waals surface area (Å²) in [5, 5.41) is 5.83. The Kier molecular flexibility index (Phi) is 2.00. The smallest absolute Gasteiger partial charge is 0.255 e. The summed E-state index contributed by atoms with van der Waals surface area (Å²) in [6.45, 7) is 2.47. The van der Waals surface area contributed by atoms with Gasteiger partial charge < -0.3 is 10.6 Å². The number of hydrogen-bond acceptors (Lipinski definition) is 2. The average molecular weight is 241 g/mol. The standard InChI is InChI=1S/C9H9BrN2O/c1-5-2-3-6-7(8(5)10)9(13)12-4-11-6/h2-3,11H,4H2,1H3,(H,12,13). The molecule has 0 fully saturated rings. The minimum Gasteiger partial charge on any atom is -0.367 e. The highest BCUT2D eigenvalue weighted by molar-refractivity contribution is 9.10. The van der Waals surface area contributed by atoms with E-state index in [0.717, 1.165) is 15.7 Å². The van der Waals surface area contributed by atoms with Crippen molar-refractivity contribution >= 4 is 27.5 Å². The maximum Gasteiger partial charge on any atom is 0.255 e. The lowest BCUT2D eigenvalue weighted by atomic mass is 10.1. The molecule has 1 aliphatic heterocycles. The lowest BCUT2D eigenvalue weighted by Gasteiger charge is -2.20. The monoisotopic (exact) mass is 240 g/mol. The molecule has 1 aliphatic rings. The van der Waals surface area contributed by atoms with Gasteiger partial charge in [0, 0.05) is 10.2 Å². The van der Waals surface area contributed by atoms with Gasteiger partial charge in [0.05, 0.1) is 12.2 Å². The number of nitrogens with one attached hydrogen (secondary N) is 2. The van der Waals surface area contributed by atoms with Crippen molar-refractivity contribution in [1.82, 2.24) is 5.32 Å². The number of benzene rings is 1. The maximum atomic E-state index is 11.5. The van der Waals surface area contributed by atoms with Gasteiger partial charge in [-0.05, 0) is 34.5 Å². The first-order valence-corrected chi connectivity index (χ1v) is 4.80. The predicted octanol–water partition coefficient (Wildman–Crippen LogP) is 1.87. The van der Waals surface area contributed by atoms with Crippen LogP contribution in [0.5, 0.6) is 0 Å². The zero-order valence-corrected chi connectivity index (χ0v) is 8.73. The van der Waals surface area contributed by atoms with Gasteiger partial charge in [-0.15, -0.1) is 0 Å². The number of halogens is 1. The molecule has 0 aliphatic carbocycles. The normalized spacial score (nSPS) is 14.5. The zero-order chi connectivity index (χ0) is 9.42. The first-order chi connectivity index (χ1) is 6.20. The summed E-state index contributed by atoms with van der Waals surface area (Å²) in [7, 11) is 0. The first-order valence-electron chi connectivity index (χ1n) is 4.01. The van der Waals surface area contributed by atoms with E-state index >= 15 is 0 Å². The zero-order valence-electron chi connectivity index (χ0n) is 7.15. The van der Waals surface area contributed by atoms with Crippen LogP contribution < -0.4 is 10.6 Å². The molecule has 13 heavy (non-hydrogen) atoms. The summed E-state index contributed by atoms with van der Waals surface area (Å²) >= 11 is 3.41. The van der Waals surface area contributed by atoms with E-state index in [0.29, 0.717) is 12.2 Å². The predicted molar refractivity (Wildman–Crippen MR) is 54.8 cm³/mol. The van der Waals surface area contributed by atoms with Gasteiger partial charge >= 0.3 is 0 Å². The second-order valence-corrected chi connectivity index (χ2v) is 3.77. The molecule has 0 spiro atoms. The fraction of sp³-hybridized carbons (Fsp3) is 0.222. The summed E-state index contributed by atoms with van der Waals surface area (Å²) in [5.41, 5.74) is 2.66. The molecule has 0 radical (unpaired) electrons. The topological polar surface area (TPSA) is 41.1 Å². The van der Waals surface area contributed by atoms with E-state index in [1.165, 1.54) is 0 Å². The molecule has 1 aromatic rings. The van der Waals surface area contributed by atoms with Crippen LogP contribution in [0.2, 0.25) is 0 Å². The fourth-order valence-electron chi connectivity index (χ4n) is 1.36. The fourth-order valence-corrected chi connectivity index (χ4v) is 1.88. The van der Waals surface area contributed by atoms with Crippen LogP contribution in [0.15, 0.2) is 16.6 Å². The number of carbonyl (C=O) groups is 1. The number of aryl methyl sites for hydroxylation is 1. The number of anilines is 1. The van der Waals surface area contributed by atoms with Crippen molar-refractivity contribution < 1.29 is 4.79 Å². The van der Waals surface area contributed by atoms with Crippen LogP contribution in [0, 0.1) is 6.92 Å². The Hall–Kier alpha value is -1.03. The average Bonchev–Trinajstić information content (AvgIpc) is 2.12. The van der Waals surface area contributed by atoms with Crippen LogP contribution in [0.1, 0.15) is 15.9 Å². The quantitative estimate of drug-likeness (QED) is 0.728. The Balaban J connectivity index is 2.65. The van der Waals surface area contributed by atoms with Crippen LogP contribution in [-0.4, -0.2) is 12.6 Å². The van der Waals surface area contributed by atoms with Crippen molar-refractivity contribution in [2.45, 2.75) is 6.92 Å². The Morgan fingerprint density at radius 2 is 2.15 bits per heavy atom. The molecule has 0 unspecified atom stereocenters. The summed E-state index contributed by atoms with van der Waals surface area (Å²) in [5.74, 6) is -0.0238. The van der Waals surface area contributed by atoms with Crippen LogP contribution in [0.3, 0.4) is 0 Å². The Labute approximate surface area is 84.6 Å². The summed E-state index contributed by atoms with van der Waals surface area (Å²) in [6.07, 6.45) is 0. The molecule has 0 saturated carbocycles. The molecule has 2 rings (SSSR count). The van der Waals surface area contributed by atoms with Crippen molar-refractivity contribution in [2.24, 2.45) is 0 Å². The third-order valence-corrected chi connectivity index (χ3v) is 3.11. The lowest BCUT2D eigenvalue weighted by molar-refractivity contribution is 0.0952. The van der Waals surface area contributed by atoms with Crippen LogP contribution in [-0.2, 0) is 0 Å². The number of hydrogen-bond donors (Lipinski definition) is 2. The first kappa shape index (κ1) is 8.56. The van der Waals surface area contributed by atoms with Crippen LogP contribution in [0.25, 0.3) is 0 Å². The van der Waals surface area contributed by atoms with Gasteiger partial charge in [-0.3, -0.25) is 4.79 Å². The SMILES string of the molecule is Cc1ccc2c(c1Br)C(=O)NCN2. The number of carbonyl (C=O) groups excluding carboxylic acids is 1. The van der Waals surface area contributed by atoms with Gasteiger partial charge in [0.15, 0.2) is 0 Å². The molecule has 1 aromatic carbocycles. The number of rotatable bonds is 0. The molecule has 3 nitrogen and oxygen atoms in total. The van der Waals surface area contributed by atoms with E-state index < -0.39 is 0 Å². The summed E-state index contributed by atoms with van der Waals surface area (Å²) in [4.78, 5) is 11.5. The van der Waals surface area contributed by atoms with Gasteiger partial charge in [0.2, 0.25) is 0 Å². The van der Waals surface area contributed by atoms with E-state index in [-0.39, 0.29) is 5.91 Å². The molecular formula is C9H9BrN2O. The van der Waals surface area contributed by atoms with Crippen molar-refractivity contribution in [2.75, 3.05) is 12.0 Å². The van der Waals surface area contributed by atoms with E-state index in [2.05, 4.69) is 26.6 Å². The third-order valence-electron chi connectivity index (χ3n) is 2.09. The Morgan fingerprint density at radius 1 is 1.38 bits per heavy atom.